The lowest BCUT2D eigenvalue weighted by molar-refractivity contribution is -0.127. The molecule has 1 fully saturated rings. The van der Waals surface area contributed by atoms with E-state index in [9.17, 15) is 14.4 Å². The van der Waals surface area contributed by atoms with Gasteiger partial charge in [0.25, 0.3) is 5.91 Å². The van der Waals surface area contributed by atoms with Gasteiger partial charge >= 0.3 is 0 Å². The number of amides is 1. The first-order valence-electron chi connectivity index (χ1n) is 8.46. The zero-order valence-corrected chi connectivity index (χ0v) is 14.5. The predicted octanol–water partition coefficient (Wildman–Crippen LogP) is 0.168. The summed E-state index contributed by atoms with van der Waals surface area (Å²) in [5, 5.41) is 27.4. The summed E-state index contributed by atoms with van der Waals surface area (Å²) in [5.74, 6) is -0.778. The zero-order chi connectivity index (χ0) is 18.9. The van der Waals surface area contributed by atoms with Crippen LogP contribution in [0.4, 0.5) is 10.1 Å². The summed E-state index contributed by atoms with van der Waals surface area (Å²) >= 11 is 0. The summed E-state index contributed by atoms with van der Waals surface area (Å²) in [7, 11) is 0. The molecule has 1 aromatic carbocycles. The average molecular weight is 362 g/mol. The lowest BCUT2D eigenvalue weighted by atomic mass is 10.2. The van der Waals surface area contributed by atoms with Crippen LogP contribution in [0.15, 0.2) is 36.0 Å². The number of benzene rings is 1. The van der Waals surface area contributed by atoms with Gasteiger partial charge in [-0.25, -0.2) is 4.39 Å². The Morgan fingerprint density at radius 3 is 2.23 bits per heavy atom. The molecule has 0 aromatic heterocycles. The highest BCUT2D eigenvalue weighted by atomic mass is 19.1. The van der Waals surface area contributed by atoms with Crippen LogP contribution >= 0.6 is 0 Å². The molecular formula is C18H23FN4O3. The highest BCUT2D eigenvalue weighted by molar-refractivity contribution is 5.97. The van der Waals surface area contributed by atoms with Crippen LogP contribution in [0.3, 0.4) is 0 Å². The molecule has 8 heteroatoms. The molecule has 1 aromatic rings. The van der Waals surface area contributed by atoms with Gasteiger partial charge in [0.15, 0.2) is 0 Å². The topological polar surface area (TPSA) is 91.0 Å². The molecule has 2 rings (SSSR count). The molecule has 1 aliphatic heterocycles. The molecule has 26 heavy (non-hydrogen) atoms. The van der Waals surface area contributed by atoms with Crippen LogP contribution in [-0.2, 0) is 4.79 Å². The minimum atomic E-state index is -0.503. The summed E-state index contributed by atoms with van der Waals surface area (Å²) in [4.78, 5) is 17.6. The van der Waals surface area contributed by atoms with E-state index in [1.165, 1.54) is 23.2 Å². The zero-order valence-electron chi connectivity index (χ0n) is 14.5. The van der Waals surface area contributed by atoms with Gasteiger partial charge in [-0.05, 0) is 24.3 Å². The van der Waals surface area contributed by atoms with Crippen molar-refractivity contribution >= 4 is 11.6 Å². The fraction of sp³-hybridized carbons (Fsp3) is 0.444. The van der Waals surface area contributed by atoms with E-state index in [0.717, 1.165) is 5.69 Å². The predicted molar refractivity (Wildman–Crippen MR) is 94.6 cm³/mol. The lowest BCUT2D eigenvalue weighted by Crippen LogP contribution is -2.44. The Labute approximate surface area is 152 Å². The Kier molecular flexibility index (Phi) is 7.38. The highest BCUT2D eigenvalue weighted by Gasteiger charge is 2.21. The van der Waals surface area contributed by atoms with Crippen molar-refractivity contribution in [2.45, 2.75) is 0 Å². The molecule has 2 N–H and O–H groups in total. The molecule has 0 saturated carbocycles. The number of rotatable bonds is 7. The second-order valence-electron chi connectivity index (χ2n) is 5.89. The van der Waals surface area contributed by atoms with Crippen LogP contribution in [0.5, 0.6) is 0 Å². The van der Waals surface area contributed by atoms with Crippen LogP contribution in [0.25, 0.3) is 0 Å². The molecule has 0 bridgehead atoms. The van der Waals surface area contributed by atoms with Gasteiger partial charge < -0.3 is 24.9 Å². The Hall–Kier alpha value is -2.63. The average Bonchev–Trinajstić information content (AvgIpc) is 2.66. The SMILES string of the molecule is N#C/C(=C/N1CCN(c2ccc(F)cc2)CC1)C(=O)N(CCO)CCO. The Morgan fingerprint density at radius 2 is 1.73 bits per heavy atom. The fourth-order valence-electron chi connectivity index (χ4n) is 2.80. The molecule has 7 nitrogen and oxygen atoms in total. The molecule has 0 unspecified atom stereocenters. The smallest absolute Gasteiger partial charge is 0.266 e. The number of carbonyl (C=O) groups excluding carboxylic acids is 1. The van der Waals surface area contributed by atoms with Crippen LogP contribution in [0, 0.1) is 17.1 Å². The van der Waals surface area contributed by atoms with Crippen LogP contribution in [0.1, 0.15) is 0 Å². The fourth-order valence-corrected chi connectivity index (χ4v) is 2.80. The molecule has 1 heterocycles. The number of aliphatic hydroxyl groups is 2. The number of piperazine rings is 1. The van der Waals surface area contributed by atoms with E-state index in [0.29, 0.717) is 26.2 Å². The van der Waals surface area contributed by atoms with Crippen molar-refractivity contribution in [2.24, 2.45) is 0 Å². The number of aliphatic hydroxyl groups excluding tert-OH is 2. The molecule has 0 aliphatic carbocycles. The standard InChI is InChI=1S/C18H23FN4O3/c19-16-1-3-17(4-2-16)22-7-5-21(6-8-22)14-15(13-20)18(26)23(9-11-24)10-12-25/h1-4,14,24-25H,5-12H2/b15-14-. The maximum absolute atomic E-state index is 13.0. The third kappa shape index (κ3) is 5.18. The largest absolute Gasteiger partial charge is 0.395 e. The van der Waals surface area contributed by atoms with Gasteiger partial charge in [-0.3, -0.25) is 4.79 Å². The molecular weight excluding hydrogens is 339 g/mol. The van der Waals surface area contributed by atoms with Gasteiger partial charge in [0.1, 0.15) is 17.5 Å². The number of nitriles is 1. The maximum Gasteiger partial charge on any atom is 0.266 e. The summed E-state index contributed by atoms with van der Waals surface area (Å²) in [6, 6.07) is 8.21. The third-order valence-electron chi connectivity index (χ3n) is 4.20. The van der Waals surface area contributed by atoms with Crippen molar-refractivity contribution in [1.29, 1.82) is 5.26 Å². The number of nitrogens with zero attached hydrogens (tertiary/aromatic N) is 4. The van der Waals surface area contributed by atoms with Crippen molar-refractivity contribution < 1.29 is 19.4 Å². The van der Waals surface area contributed by atoms with E-state index in [-0.39, 0.29) is 37.7 Å². The number of halogens is 1. The number of anilines is 1. The summed E-state index contributed by atoms with van der Waals surface area (Å²) in [6.07, 6.45) is 1.53. The molecule has 1 aliphatic rings. The van der Waals surface area contributed by atoms with Crippen LogP contribution < -0.4 is 4.90 Å². The molecule has 0 atom stereocenters. The van der Waals surface area contributed by atoms with E-state index in [2.05, 4.69) is 4.90 Å². The number of hydrogen-bond donors (Lipinski definition) is 2. The minimum absolute atomic E-state index is 0.0258. The van der Waals surface area contributed by atoms with Crippen molar-refractivity contribution in [1.82, 2.24) is 9.80 Å². The van der Waals surface area contributed by atoms with Gasteiger partial charge in [0, 0.05) is 51.2 Å². The van der Waals surface area contributed by atoms with Gasteiger partial charge in [-0.1, -0.05) is 0 Å². The van der Waals surface area contributed by atoms with Crippen molar-refractivity contribution in [3.8, 4) is 6.07 Å². The molecule has 140 valence electrons. The quantitative estimate of drug-likeness (QED) is 0.531. The molecule has 1 saturated heterocycles. The molecule has 0 spiro atoms. The summed E-state index contributed by atoms with van der Waals surface area (Å²) < 4.78 is 13.0. The van der Waals surface area contributed by atoms with Crippen molar-refractivity contribution in [3.05, 3.63) is 41.9 Å². The van der Waals surface area contributed by atoms with E-state index >= 15 is 0 Å². The number of carbonyl (C=O) groups is 1. The van der Waals surface area contributed by atoms with Crippen LogP contribution in [0.2, 0.25) is 0 Å². The molecule has 0 radical (unpaired) electrons. The second kappa shape index (κ2) is 9.75. The number of hydrogen-bond acceptors (Lipinski definition) is 6. The third-order valence-corrected chi connectivity index (χ3v) is 4.20. The van der Waals surface area contributed by atoms with Gasteiger partial charge in [-0.2, -0.15) is 5.26 Å². The first-order valence-corrected chi connectivity index (χ1v) is 8.46. The van der Waals surface area contributed by atoms with Crippen molar-refractivity contribution in [2.75, 3.05) is 57.4 Å². The van der Waals surface area contributed by atoms with Gasteiger partial charge in [0.05, 0.1) is 13.2 Å². The minimum Gasteiger partial charge on any atom is -0.395 e. The van der Waals surface area contributed by atoms with E-state index in [4.69, 9.17) is 10.2 Å². The van der Waals surface area contributed by atoms with Gasteiger partial charge in [-0.15, -0.1) is 0 Å². The Balaban J connectivity index is 1.99. The first kappa shape index (κ1) is 19.7. The van der Waals surface area contributed by atoms with E-state index in [1.54, 1.807) is 12.1 Å². The van der Waals surface area contributed by atoms with E-state index < -0.39 is 5.91 Å². The lowest BCUT2D eigenvalue weighted by Gasteiger charge is -2.35. The molecule has 1 amide bonds. The second-order valence-corrected chi connectivity index (χ2v) is 5.89. The summed E-state index contributed by atoms with van der Waals surface area (Å²) in [6.45, 7) is 2.28. The summed E-state index contributed by atoms with van der Waals surface area (Å²) in [5.41, 5.74) is 0.908. The highest BCUT2D eigenvalue weighted by Crippen LogP contribution is 2.17. The Bertz CT molecular complexity index is 658. The normalized spacial score (nSPS) is 14.9. The van der Waals surface area contributed by atoms with Gasteiger partial charge in [0.2, 0.25) is 0 Å². The van der Waals surface area contributed by atoms with Crippen LogP contribution in [-0.4, -0.2) is 78.4 Å². The van der Waals surface area contributed by atoms with Crippen molar-refractivity contribution in [3.63, 3.8) is 0 Å². The first-order chi connectivity index (χ1) is 12.6. The maximum atomic E-state index is 13.0. The Morgan fingerprint density at radius 1 is 1.15 bits per heavy atom. The van der Waals surface area contributed by atoms with E-state index in [1.807, 2.05) is 11.0 Å². The monoisotopic (exact) mass is 362 g/mol.